The van der Waals surface area contributed by atoms with Crippen LogP contribution >= 0.6 is 0 Å². The van der Waals surface area contributed by atoms with Crippen molar-refractivity contribution in [1.29, 1.82) is 0 Å². The van der Waals surface area contributed by atoms with Crippen molar-refractivity contribution in [3.05, 3.63) is 11.9 Å². The van der Waals surface area contributed by atoms with E-state index in [9.17, 15) is 0 Å². The normalized spacial score (nSPS) is 17.4. The maximum absolute atomic E-state index is 4.76. The van der Waals surface area contributed by atoms with Crippen molar-refractivity contribution in [2.75, 3.05) is 50.0 Å². The summed E-state index contributed by atoms with van der Waals surface area (Å²) in [6.45, 7) is 11.6. The van der Waals surface area contributed by atoms with Crippen molar-refractivity contribution >= 4 is 11.6 Å². The van der Waals surface area contributed by atoms with Gasteiger partial charge in [-0.05, 0) is 26.9 Å². The smallest absolute Gasteiger partial charge is 0.135 e. The zero-order valence-electron chi connectivity index (χ0n) is 13.2. The summed E-state index contributed by atoms with van der Waals surface area (Å²) in [6.07, 6.45) is 1.19. The minimum absolute atomic E-state index is 0.349. The number of nitrogens with zero attached hydrogens (tertiary/aromatic N) is 4. The van der Waals surface area contributed by atoms with Crippen LogP contribution in [0, 0.1) is 0 Å². The Balaban J connectivity index is 2.24. The average molecular weight is 277 g/mol. The van der Waals surface area contributed by atoms with Crippen molar-refractivity contribution in [1.82, 2.24) is 14.9 Å². The van der Waals surface area contributed by atoms with Gasteiger partial charge in [0.05, 0.1) is 0 Å². The van der Waals surface area contributed by atoms with Crippen LogP contribution in [-0.4, -0.2) is 54.6 Å². The Morgan fingerprint density at radius 2 is 2.00 bits per heavy atom. The maximum atomic E-state index is 4.76. The predicted molar refractivity (Wildman–Crippen MR) is 84.6 cm³/mol. The first kappa shape index (κ1) is 15.0. The van der Waals surface area contributed by atoms with Gasteiger partial charge in [0, 0.05) is 38.2 Å². The highest BCUT2D eigenvalue weighted by Gasteiger charge is 2.16. The van der Waals surface area contributed by atoms with Gasteiger partial charge in [0.25, 0.3) is 0 Å². The molecule has 0 spiro atoms. The van der Waals surface area contributed by atoms with Gasteiger partial charge < -0.3 is 15.1 Å². The van der Waals surface area contributed by atoms with E-state index in [0.29, 0.717) is 5.92 Å². The van der Waals surface area contributed by atoms with Gasteiger partial charge in [-0.15, -0.1) is 0 Å². The van der Waals surface area contributed by atoms with Crippen LogP contribution in [0.1, 0.15) is 38.9 Å². The van der Waals surface area contributed by atoms with Crippen LogP contribution in [0.4, 0.5) is 11.6 Å². The number of hydrogen-bond donors (Lipinski definition) is 1. The molecule has 0 aliphatic carbocycles. The summed E-state index contributed by atoms with van der Waals surface area (Å²) in [5.41, 5.74) is 0. The maximum Gasteiger partial charge on any atom is 0.135 e. The van der Waals surface area contributed by atoms with Crippen LogP contribution < -0.4 is 10.2 Å². The van der Waals surface area contributed by atoms with E-state index in [-0.39, 0.29) is 0 Å². The van der Waals surface area contributed by atoms with Gasteiger partial charge in [0.1, 0.15) is 17.5 Å². The highest BCUT2D eigenvalue weighted by molar-refractivity contribution is 5.49. The average Bonchev–Trinajstić information content (AvgIpc) is 2.63. The summed E-state index contributed by atoms with van der Waals surface area (Å²) in [4.78, 5) is 14.1. The van der Waals surface area contributed by atoms with E-state index < -0.39 is 0 Å². The summed E-state index contributed by atoms with van der Waals surface area (Å²) in [5, 5.41) is 3.32. The van der Waals surface area contributed by atoms with Crippen LogP contribution in [0.5, 0.6) is 0 Å². The quantitative estimate of drug-likeness (QED) is 0.914. The third-order valence-corrected chi connectivity index (χ3v) is 3.65. The molecule has 112 valence electrons. The minimum Gasteiger partial charge on any atom is -0.370 e. The molecular formula is C15H27N5. The van der Waals surface area contributed by atoms with E-state index in [0.717, 1.165) is 43.6 Å². The zero-order valence-corrected chi connectivity index (χ0v) is 13.2. The molecule has 1 aliphatic rings. The summed E-state index contributed by atoms with van der Waals surface area (Å²) >= 11 is 0. The zero-order chi connectivity index (χ0) is 14.5. The van der Waals surface area contributed by atoms with E-state index in [1.165, 1.54) is 13.0 Å². The van der Waals surface area contributed by atoms with Crippen molar-refractivity contribution in [3.63, 3.8) is 0 Å². The van der Waals surface area contributed by atoms with E-state index in [1.807, 2.05) is 0 Å². The Kier molecular flexibility index (Phi) is 5.17. The molecule has 1 aliphatic heterocycles. The molecule has 0 atom stereocenters. The Morgan fingerprint density at radius 1 is 1.20 bits per heavy atom. The van der Waals surface area contributed by atoms with Gasteiger partial charge >= 0.3 is 0 Å². The molecule has 1 fully saturated rings. The standard InChI is InChI=1S/C15H27N5/c1-5-16-13-11-14(18-15(17-13)12(2)3)20-8-6-7-19(4)9-10-20/h11-12H,5-10H2,1-4H3,(H,16,17,18). The number of anilines is 2. The first-order chi connectivity index (χ1) is 9.60. The fourth-order valence-corrected chi connectivity index (χ4v) is 2.42. The van der Waals surface area contributed by atoms with Crippen LogP contribution in [0.3, 0.4) is 0 Å². The van der Waals surface area contributed by atoms with E-state index in [2.05, 4.69) is 54.0 Å². The largest absolute Gasteiger partial charge is 0.370 e. The van der Waals surface area contributed by atoms with Crippen LogP contribution in [-0.2, 0) is 0 Å². The molecule has 5 heteroatoms. The molecule has 2 heterocycles. The van der Waals surface area contributed by atoms with Crippen molar-refractivity contribution < 1.29 is 0 Å². The Morgan fingerprint density at radius 3 is 2.70 bits per heavy atom. The molecule has 0 radical (unpaired) electrons. The summed E-state index contributed by atoms with van der Waals surface area (Å²) < 4.78 is 0. The van der Waals surface area contributed by atoms with Gasteiger partial charge in [0.15, 0.2) is 0 Å². The molecule has 0 bridgehead atoms. The van der Waals surface area contributed by atoms with Gasteiger partial charge in [-0.1, -0.05) is 13.8 Å². The van der Waals surface area contributed by atoms with Gasteiger partial charge in [-0.25, -0.2) is 9.97 Å². The highest BCUT2D eigenvalue weighted by atomic mass is 15.2. The predicted octanol–water partition coefficient (Wildman–Crippen LogP) is 2.17. The molecular weight excluding hydrogens is 250 g/mol. The van der Waals surface area contributed by atoms with E-state index >= 15 is 0 Å². The van der Waals surface area contributed by atoms with Gasteiger partial charge in [0.2, 0.25) is 0 Å². The monoisotopic (exact) mass is 277 g/mol. The molecule has 5 nitrogen and oxygen atoms in total. The molecule has 20 heavy (non-hydrogen) atoms. The third-order valence-electron chi connectivity index (χ3n) is 3.65. The summed E-state index contributed by atoms with van der Waals surface area (Å²) in [5.74, 6) is 3.28. The number of hydrogen-bond acceptors (Lipinski definition) is 5. The fraction of sp³-hybridized carbons (Fsp3) is 0.733. The molecule has 0 aromatic carbocycles. The van der Waals surface area contributed by atoms with Crippen LogP contribution in [0.2, 0.25) is 0 Å². The molecule has 1 N–H and O–H groups in total. The second kappa shape index (κ2) is 6.88. The lowest BCUT2D eigenvalue weighted by Crippen LogP contribution is -2.29. The molecule has 1 saturated heterocycles. The third kappa shape index (κ3) is 3.82. The van der Waals surface area contributed by atoms with Crippen molar-refractivity contribution in [2.45, 2.75) is 33.1 Å². The lowest BCUT2D eigenvalue weighted by atomic mass is 10.2. The number of nitrogens with one attached hydrogen (secondary N) is 1. The van der Waals surface area contributed by atoms with Gasteiger partial charge in [-0.2, -0.15) is 0 Å². The van der Waals surface area contributed by atoms with Crippen LogP contribution in [0.25, 0.3) is 0 Å². The van der Waals surface area contributed by atoms with Crippen molar-refractivity contribution in [2.24, 2.45) is 0 Å². The summed E-state index contributed by atoms with van der Waals surface area (Å²) in [7, 11) is 2.19. The van der Waals surface area contributed by atoms with E-state index in [1.54, 1.807) is 0 Å². The minimum atomic E-state index is 0.349. The Labute approximate surface area is 122 Å². The van der Waals surface area contributed by atoms with E-state index in [4.69, 9.17) is 4.98 Å². The molecule has 1 aromatic rings. The topological polar surface area (TPSA) is 44.3 Å². The molecule has 0 amide bonds. The Hall–Kier alpha value is -1.36. The molecule has 0 saturated carbocycles. The lowest BCUT2D eigenvalue weighted by molar-refractivity contribution is 0.360. The first-order valence-corrected chi connectivity index (χ1v) is 7.66. The second-order valence-electron chi connectivity index (χ2n) is 5.80. The number of likely N-dealkylation sites (N-methyl/N-ethyl adjacent to an activating group) is 1. The Bertz CT molecular complexity index is 432. The lowest BCUT2D eigenvalue weighted by Gasteiger charge is -2.23. The molecule has 0 unspecified atom stereocenters. The SMILES string of the molecule is CCNc1cc(N2CCCN(C)CC2)nc(C(C)C)n1. The van der Waals surface area contributed by atoms with Gasteiger partial charge in [-0.3, -0.25) is 0 Å². The number of rotatable bonds is 4. The second-order valence-corrected chi connectivity index (χ2v) is 5.80. The van der Waals surface area contributed by atoms with Crippen LogP contribution in [0.15, 0.2) is 6.07 Å². The summed E-state index contributed by atoms with van der Waals surface area (Å²) in [6, 6.07) is 2.08. The van der Waals surface area contributed by atoms with Crippen molar-refractivity contribution in [3.8, 4) is 0 Å². The molecule has 2 rings (SSSR count). The fourth-order valence-electron chi connectivity index (χ4n) is 2.42. The first-order valence-electron chi connectivity index (χ1n) is 7.66. The highest BCUT2D eigenvalue weighted by Crippen LogP contribution is 2.21. The number of aromatic nitrogens is 2. The molecule has 1 aromatic heterocycles.